The molecule has 0 aliphatic carbocycles. The number of nitriles is 1. The van der Waals surface area contributed by atoms with Crippen LogP contribution in [-0.2, 0) is 17.8 Å². The van der Waals surface area contributed by atoms with Crippen molar-refractivity contribution in [2.75, 3.05) is 37.8 Å². The molecule has 2 N–H and O–H groups in total. The number of nitrogens with one attached hydrogen (secondary N) is 2. The van der Waals surface area contributed by atoms with E-state index in [-0.39, 0.29) is 5.60 Å². The van der Waals surface area contributed by atoms with Gasteiger partial charge in [0.25, 0.3) is 0 Å². The van der Waals surface area contributed by atoms with Crippen molar-refractivity contribution >= 4 is 17.3 Å². The van der Waals surface area contributed by atoms with Crippen molar-refractivity contribution in [3.05, 3.63) is 47.0 Å². The molecule has 0 atom stereocenters. The topological polar surface area (TPSA) is 73.2 Å². The summed E-state index contributed by atoms with van der Waals surface area (Å²) in [6, 6.07) is 12.2. The number of fused-ring (bicyclic) bond motifs is 1. The summed E-state index contributed by atoms with van der Waals surface area (Å²) in [6.07, 6.45) is 0.680. The lowest BCUT2D eigenvalue weighted by Gasteiger charge is -2.33. The zero-order chi connectivity index (χ0) is 19.4. The number of anilines is 3. The number of hydrogen-bond donors (Lipinski definition) is 2. The number of ether oxygens (including phenoxy) is 1. The molecule has 1 aliphatic heterocycles. The number of hydrogen-bond acceptors (Lipinski definition) is 6. The smallest absolute Gasteiger partial charge is 0.151 e. The van der Waals surface area contributed by atoms with Gasteiger partial charge in [0.2, 0.25) is 0 Å². The maximum atomic E-state index is 9.86. The fourth-order valence-corrected chi connectivity index (χ4v) is 3.18. The van der Waals surface area contributed by atoms with Crippen LogP contribution >= 0.6 is 0 Å². The number of para-hydroxylation sites is 1. The molecule has 6 nitrogen and oxygen atoms in total. The SMILES string of the molecule is CN(C)CCNc1nc(Nc2ccccc2)c(C#N)c2c1COC(C)(C)C2. The average Bonchev–Trinajstić information content (AvgIpc) is 2.61. The molecule has 3 rings (SSSR count). The van der Waals surface area contributed by atoms with E-state index in [2.05, 4.69) is 35.5 Å². The molecule has 0 bridgehead atoms. The van der Waals surface area contributed by atoms with Crippen LogP contribution in [0.4, 0.5) is 17.3 Å². The molecule has 0 unspecified atom stereocenters. The Balaban J connectivity index is 2.02. The quantitative estimate of drug-likeness (QED) is 0.816. The Morgan fingerprint density at radius 1 is 1.19 bits per heavy atom. The van der Waals surface area contributed by atoms with Gasteiger partial charge in [-0.1, -0.05) is 18.2 Å². The zero-order valence-corrected chi connectivity index (χ0v) is 16.5. The van der Waals surface area contributed by atoms with Crippen LogP contribution in [0.3, 0.4) is 0 Å². The first-order valence-electron chi connectivity index (χ1n) is 9.20. The number of pyridine rings is 1. The van der Waals surface area contributed by atoms with Crippen LogP contribution in [-0.4, -0.2) is 42.7 Å². The molecular weight excluding hydrogens is 338 g/mol. The zero-order valence-electron chi connectivity index (χ0n) is 16.5. The van der Waals surface area contributed by atoms with Crippen LogP contribution in [0, 0.1) is 11.3 Å². The van der Waals surface area contributed by atoms with Crippen LogP contribution in [0.15, 0.2) is 30.3 Å². The monoisotopic (exact) mass is 365 g/mol. The van der Waals surface area contributed by atoms with Gasteiger partial charge in [-0.05, 0) is 45.6 Å². The van der Waals surface area contributed by atoms with Crippen molar-refractivity contribution in [2.45, 2.75) is 32.5 Å². The highest BCUT2D eigenvalue weighted by molar-refractivity contribution is 5.70. The third-order valence-electron chi connectivity index (χ3n) is 4.62. The van der Waals surface area contributed by atoms with E-state index in [9.17, 15) is 5.26 Å². The molecule has 1 aromatic heterocycles. The molecule has 0 spiro atoms. The van der Waals surface area contributed by atoms with Gasteiger partial charge in [0.1, 0.15) is 11.9 Å². The van der Waals surface area contributed by atoms with Crippen molar-refractivity contribution in [1.82, 2.24) is 9.88 Å². The Morgan fingerprint density at radius 3 is 2.59 bits per heavy atom. The normalized spacial score (nSPS) is 15.1. The molecule has 1 aliphatic rings. The summed E-state index contributed by atoms with van der Waals surface area (Å²) in [5, 5.41) is 16.6. The molecular formula is C21H27N5O. The minimum absolute atomic E-state index is 0.301. The summed E-state index contributed by atoms with van der Waals surface area (Å²) in [6.45, 7) is 6.23. The first-order chi connectivity index (χ1) is 12.9. The fourth-order valence-electron chi connectivity index (χ4n) is 3.18. The van der Waals surface area contributed by atoms with Gasteiger partial charge in [0.05, 0.1) is 17.8 Å². The van der Waals surface area contributed by atoms with Crippen LogP contribution in [0.5, 0.6) is 0 Å². The lowest BCUT2D eigenvalue weighted by Crippen LogP contribution is -2.33. The molecule has 27 heavy (non-hydrogen) atoms. The van der Waals surface area contributed by atoms with Gasteiger partial charge in [-0.25, -0.2) is 4.98 Å². The second kappa shape index (κ2) is 7.95. The van der Waals surface area contributed by atoms with Gasteiger partial charge in [-0.3, -0.25) is 0 Å². The minimum Gasteiger partial charge on any atom is -0.370 e. The van der Waals surface area contributed by atoms with E-state index < -0.39 is 0 Å². The summed E-state index contributed by atoms with van der Waals surface area (Å²) < 4.78 is 6.00. The Hall–Kier alpha value is -2.62. The molecule has 142 valence electrons. The first kappa shape index (κ1) is 19.2. The summed E-state index contributed by atoms with van der Waals surface area (Å²) in [7, 11) is 4.08. The summed E-state index contributed by atoms with van der Waals surface area (Å²) in [4.78, 5) is 6.87. The van der Waals surface area contributed by atoms with Crippen LogP contribution < -0.4 is 10.6 Å². The highest BCUT2D eigenvalue weighted by Crippen LogP contribution is 2.36. The number of benzene rings is 1. The number of nitrogens with zero attached hydrogens (tertiary/aromatic N) is 3. The second-order valence-electron chi connectivity index (χ2n) is 7.70. The molecule has 0 fully saturated rings. The van der Waals surface area contributed by atoms with Gasteiger partial charge >= 0.3 is 0 Å². The van der Waals surface area contributed by atoms with Gasteiger partial charge in [0.15, 0.2) is 5.82 Å². The van der Waals surface area contributed by atoms with Gasteiger partial charge in [0, 0.05) is 30.8 Å². The van der Waals surface area contributed by atoms with E-state index >= 15 is 0 Å². The Bertz CT molecular complexity index is 840. The summed E-state index contributed by atoms with van der Waals surface area (Å²) >= 11 is 0. The fraction of sp³-hybridized carbons (Fsp3) is 0.429. The molecule has 0 amide bonds. The van der Waals surface area contributed by atoms with Crippen LogP contribution in [0.1, 0.15) is 30.5 Å². The average molecular weight is 365 g/mol. The van der Waals surface area contributed by atoms with Crippen molar-refractivity contribution in [2.24, 2.45) is 0 Å². The van der Waals surface area contributed by atoms with Crippen molar-refractivity contribution in [3.63, 3.8) is 0 Å². The van der Waals surface area contributed by atoms with Crippen molar-refractivity contribution < 1.29 is 4.74 Å². The van der Waals surface area contributed by atoms with Gasteiger partial charge in [-0.2, -0.15) is 5.26 Å². The van der Waals surface area contributed by atoms with E-state index in [4.69, 9.17) is 9.72 Å². The molecule has 0 saturated heterocycles. The number of likely N-dealkylation sites (N-methyl/N-ethyl adjacent to an activating group) is 1. The molecule has 2 heterocycles. The molecule has 1 aromatic carbocycles. The van der Waals surface area contributed by atoms with Gasteiger partial charge < -0.3 is 20.3 Å². The number of rotatable bonds is 6. The Labute approximate surface area is 161 Å². The maximum absolute atomic E-state index is 9.86. The standard InChI is InChI=1S/C21H27N5O/c1-21(2)12-16-17(13-22)20(24-15-8-6-5-7-9-15)25-19(18(16)14-27-21)23-10-11-26(3)4/h5-9H,10-12,14H2,1-4H3,(H2,23,24,25). The lowest BCUT2D eigenvalue weighted by molar-refractivity contribution is -0.0399. The Kier molecular flexibility index (Phi) is 5.64. The molecule has 6 heteroatoms. The van der Waals surface area contributed by atoms with E-state index in [0.29, 0.717) is 24.4 Å². The predicted molar refractivity (Wildman–Crippen MR) is 108 cm³/mol. The summed E-state index contributed by atoms with van der Waals surface area (Å²) in [5.74, 6) is 1.38. The summed E-state index contributed by atoms with van der Waals surface area (Å²) in [5.41, 5.74) is 3.22. The van der Waals surface area contributed by atoms with E-state index in [1.54, 1.807) is 0 Å². The number of aromatic nitrogens is 1. The second-order valence-corrected chi connectivity index (χ2v) is 7.70. The minimum atomic E-state index is -0.301. The van der Waals surface area contributed by atoms with E-state index in [0.717, 1.165) is 35.7 Å². The Morgan fingerprint density at radius 2 is 1.93 bits per heavy atom. The van der Waals surface area contributed by atoms with Crippen molar-refractivity contribution in [3.8, 4) is 6.07 Å². The van der Waals surface area contributed by atoms with Crippen LogP contribution in [0.25, 0.3) is 0 Å². The molecule has 0 radical (unpaired) electrons. The third kappa shape index (κ3) is 4.57. The highest BCUT2D eigenvalue weighted by Gasteiger charge is 2.31. The predicted octanol–water partition coefficient (Wildman–Crippen LogP) is 3.52. The first-order valence-corrected chi connectivity index (χ1v) is 9.20. The van der Waals surface area contributed by atoms with Crippen molar-refractivity contribution in [1.29, 1.82) is 5.26 Å². The van der Waals surface area contributed by atoms with Gasteiger partial charge in [-0.15, -0.1) is 0 Å². The molecule has 2 aromatic rings. The van der Waals surface area contributed by atoms with E-state index in [1.807, 2.05) is 44.4 Å². The molecule has 0 saturated carbocycles. The largest absolute Gasteiger partial charge is 0.370 e. The maximum Gasteiger partial charge on any atom is 0.151 e. The highest BCUT2D eigenvalue weighted by atomic mass is 16.5. The third-order valence-corrected chi connectivity index (χ3v) is 4.62. The lowest BCUT2D eigenvalue weighted by atomic mass is 9.89. The van der Waals surface area contributed by atoms with Crippen LogP contribution in [0.2, 0.25) is 0 Å². The van der Waals surface area contributed by atoms with E-state index in [1.165, 1.54) is 0 Å².